The molecule has 0 heterocycles. The molecule has 0 aromatic carbocycles. The van der Waals surface area contributed by atoms with Crippen molar-refractivity contribution in [2.45, 2.75) is 262 Å². The molecule has 0 aromatic rings. The van der Waals surface area contributed by atoms with Crippen LogP contribution in [0.3, 0.4) is 0 Å². The van der Waals surface area contributed by atoms with Gasteiger partial charge in [0.05, 0.1) is 0 Å². The molecule has 6 rings (SSSR count). The van der Waals surface area contributed by atoms with Crippen molar-refractivity contribution in [1.82, 2.24) is 0 Å². The Bertz CT molecular complexity index is 1970. The van der Waals surface area contributed by atoms with Crippen molar-refractivity contribution in [2.75, 3.05) is 0 Å². The van der Waals surface area contributed by atoms with Gasteiger partial charge in [0.2, 0.25) is 0 Å². The van der Waals surface area contributed by atoms with Gasteiger partial charge in [-0.25, -0.2) is 0 Å². The fourth-order valence-corrected chi connectivity index (χ4v) is 13.8. The van der Waals surface area contributed by atoms with Crippen LogP contribution in [0.25, 0.3) is 0 Å². The third-order valence-electron chi connectivity index (χ3n) is 17.7. The molecule has 374 valence electrons. The Morgan fingerprint density at radius 2 is 0.676 bits per heavy atom. The molecular weight excluding hydrogens is 817 g/mol. The molecule has 6 aliphatic carbocycles. The van der Waals surface area contributed by atoms with E-state index in [0.29, 0.717) is 11.8 Å². The average molecular weight is 920 g/mol. The number of allylic oxidation sites excluding steroid dienone is 22. The first kappa shape index (κ1) is 54.2. The maximum Gasteiger partial charge on any atom is 0.0102 e. The summed E-state index contributed by atoms with van der Waals surface area (Å²) in [4.78, 5) is 0. The third kappa shape index (κ3) is 13.6. The maximum absolute atomic E-state index is 5.35. The summed E-state index contributed by atoms with van der Waals surface area (Å²) in [5.41, 5.74) is 27.9. The van der Waals surface area contributed by atoms with E-state index < -0.39 is 0 Å². The Balaban J connectivity index is 1.43. The first-order valence-corrected chi connectivity index (χ1v) is 29.3. The lowest BCUT2D eigenvalue weighted by Gasteiger charge is -2.29. The highest BCUT2D eigenvalue weighted by Crippen LogP contribution is 2.62. The van der Waals surface area contributed by atoms with Gasteiger partial charge in [-0.3, -0.25) is 0 Å². The van der Waals surface area contributed by atoms with Gasteiger partial charge >= 0.3 is 0 Å². The van der Waals surface area contributed by atoms with Crippen molar-refractivity contribution in [3.8, 4) is 0 Å². The van der Waals surface area contributed by atoms with Gasteiger partial charge in [0.1, 0.15) is 0 Å². The minimum Gasteiger partial charge on any atom is -0.0946 e. The molecule has 4 atom stereocenters. The largest absolute Gasteiger partial charge is 0.0946 e. The first-order chi connectivity index (χ1) is 32.9. The SMILES string of the molecule is C=C1C2=C(C3=C(C)C=C(C4=C(C)C=C(C)C4)C3)C(CC(CCCCCC)CCCCCCCC)C(=C)C2=C(C2=C(C)C=C(C3=C(C)C=C(C)C3)C2)C1CC(CCCCCC)CCCCCCCC. The van der Waals surface area contributed by atoms with Crippen LogP contribution in [0, 0.1) is 23.7 Å². The van der Waals surface area contributed by atoms with Gasteiger partial charge < -0.3 is 0 Å². The van der Waals surface area contributed by atoms with Crippen molar-refractivity contribution < 1.29 is 0 Å². The Kier molecular flexibility index (Phi) is 21.5. The summed E-state index contributed by atoms with van der Waals surface area (Å²) in [5.74, 6) is 2.22. The van der Waals surface area contributed by atoms with E-state index in [1.807, 2.05) is 0 Å². The van der Waals surface area contributed by atoms with Gasteiger partial charge in [0.15, 0.2) is 0 Å². The molecule has 0 aliphatic heterocycles. The van der Waals surface area contributed by atoms with E-state index in [-0.39, 0.29) is 0 Å². The van der Waals surface area contributed by atoms with Crippen LogP contribution in [-0.2, 0) is 0 Å². The highest BCUT2D eigenvalue weighted by Gasteiger charge is 2.47. The van der Waals surface area contributed by atoms with Crippen LogP contribution in [0.1, 0.15) is 262 Å². The second kappa shape index (κ2) is 26.9. The Hall–Kier alpha value is -3.12. The third-order valence-corrected chi connectivity index (χ3v) is 17.7. The number of unbranched alkanes of at least 4 members (excludes halogenated alkanes) is 16. The van der Waals surface area contributed by atoms with Crippen molar-refractivity contribution in [2.24, 2.45) is 23.7 Å². The zero-order valence-electron chi connectivity index (χ0n) is 46.2. The van der Waals surface area contributed by atoms with E-state index in [9.17, 15) is 0 Å². The average Bonchev–Trinajstić information content (AvgIpc) is 4.15. The second-order valence-electron chi connectivity index (χ2n) is 23.4. The highest BCUT2D eigenvalue weighted by atomic mass is 14.5. The summed E-state index contributed by atoms with van der Waals surface area (Å²) >= 11 is 0. The number of hydrogen-bond acceptors (Lipinski definition) is 0. The molecular formula is C68H102. The van der Waals surface area contributed by atoms with Crippen LogP contribution in [0.5, 0.6) is 0 Å². The molecule has 4 unspecified atom stereocenters. The van der Waals surface area contributed by atoms with Gasteiger partial charge in [0, 0.05) is 11.8 Å². The number of fused-ring (bicyclic) bond motifs is 1. The van der Waals surface area contributed by atoms with E-state index in [2.05, 4.69) is 93.5 Å². The summed E-state index contributed by atoms with van der Waals surface area (Å²) in [6.45, 7) is 34.4. The Labute approximate surface area is 421 Å². The van der Waals surface area contributed by atoms with Gasteiger partial charge in [-0.05, 0) is 181 Å². The van der Waals surface area contributed by atoms with Crippen molar-refractivity contribution in [3.05, 3.63) is 138 Å². The lowest BCUT2D eigenvalue weighted by atomic mass is 9.75. The number of rotatable bonds is 32. The fraction of sp³-hybridized carbons (Fsp3) is 0.647. The van der Waals surface area contributed by atoms with Crippen molar-refractivity contribution in [1.29, 1.82) is 0 Å². The van der Waals surface area contributed by atoms with E-state index in [1.165, 1.54) is 212 Å². The van der Waals surface area contributed by atoms with Crippen LogP contribution in [0.4, 0.5) is 0 Å². The van der Waals surface area contributed by atoms with E-state index in [4.69, 9.17) is 13.2 Å². The Morgan fingerprint density at radius 1 is 0.382 bits per heavy atom. The minimum absolute atomic E-state index is 0.370. The molecule has 0 radical (unpaired) electrons. The monoisotopic (exact) mass is 919 g/mol. The first-order valence-electron chi connectivity index (χ1n) is 29.3. The normalized spacial score (nSPS) is 21.7. The molecule has 0 bridgehead atoms. The lowest BCUT2D eigenvalue weighted by molar-refractivity contribution is 0.353. The summed E-state index contributed by atoms with van der Waals surface area (Å²) in [6.07, 6.45) is 49.8. The summed E-state index contributed by atoms with van der Waals surface area (Å²) in [7, 11) is 0. The molecule has 0 N–H and O–H groups in total. The molecule has 0 fully saturated rings. The topological polar surface area (TPSA) is 0 Å². The summed E-state index contributed by atoms with van der Waals surface area (Å²) < 4.78 is 0. The van der Waals surface area contributed by atoms with E-state index >= 15 is 0 Å². The van der Waals surface area contributed by atoms with E-state index in [0.717, 1.165) is 37.5 Å². The van der Waals surface area contributed by atoms with Crippen molar-refractivity contribution >= 4 is 0 Å². The van der Waals surface area contributed by atoms with Crippen LogP contribution in [-0.4, -0.2) is 0 Å². The molecule has 0 spiro atoms. The Morgan fingerprint density at radius 3 is 0.985 bits per heavy atom. The second-order valence-corrected chi connectivity index (χ2v) is 23.4. The van der Waals surface area contributed by atoms with Gasteiger partial charge in [-0.1, -0.05) is 230 Å². The van der Waals surface area contributed by atoms with E-state index in [1.54, 1.807) is 55.7 Å². The maximum atomic E-state index is 5.35. The van der Waals surface area contributed by atoms with Gasteiger partial charge in [0.25, 0.3) is 0 Å². The van der Waals surface area contributed by atoms with Crippen LogP contribution >= 0.6 is 0 Å². The summed E-state index contributed by atoms with van der Waals surface area (Å²) in [5, 5.41) is 0. The van der Waals surface area contributed by atoms with Crippen LogP contribution < -0.4 is 0 Å². The molecule has 0 amide bonds. The number of hydrogen-bond donors (Lipinski definition) is 0. The minimum atomic E-state index is 0.370. The van der Waals surface area contributed by atoms with Crippen LogP contribution in [0.15, 0.2) is 138 Å². The van der Waals surface area contributed by atoms with Gasteiger partial charge in [-0.15, -0.1) is 0 Å². The fourth-order valence-electron chi connectivity index (χ4n) is 13.8. The zero-order chi connectivity index (χ0) is 48.7. The zero-order valence-corrected chi connectivity index (χ0v) is 46.2. The summed E-state index contributed by atoms with van der Waals surface area (Å²) in [6, 6.07) is 0. The highest BCUT2D eigenvalue weighted by molar-refractivity contribution is 5.80. The van der Waals surface area contributed by atoms with Crippen molar-refractivity contribution in [3.63, 3.8) is 0 Å². The molecule has 6 aliphatic rings. The predicted molar refractivity (Wildman–Crippen MR) is 302 cm³/mol. The molecule has 0 saturated heterocycles. The lowest BCUT2D eigenvalue weighted by Crippen LogP contribution is -2.16. The predicted octanol–water partition coefficient (Wildman–Crippen LogP) is 22.0. The van der Waals surface area contributed by atoms with Crippen LogP contribution in [0.2, 0.25) is 0 Å². The molecule has 0 saturated carbocycles. The molecule has 0 nitrogen and oxygen atoms in total. The smallest absolute Gasteiger partial charge is 0.0102 e. The molecule has 68 heavy (non-hydrogen) atoms. The molecule has 0 aromatic heterocycles. The quantitative estimate of drug-likeness (QED) is 0.0590. The van der Waals surface area contributed by atoms with Gasteiger partial charge in [-0.2, -0.15) is 0 Å². The molecule has 0 heteroatoms. The standard InChI is InChI=1S/C68H102/c1-13-17-21-25-27-31-35-55(33-29-23-19-15-3)43-63-53(11)65-66(67(63)61-45-57(41-51(61)9)59-39-47(5)37-49(59)7)54(12)64(44-56(34-30-24-20-16-4)36-32-28-26-22-18-14-2)68(65)62-46-58(42-52(62)10)60-40-48(6)38-50(60)8/h37-38,41-42,55-56,63-64H,11-36,39-40,43-46H2,1-10H3.